The number of piperidine rings is 1. The molecule has 4 nitrogen and oxygen atoms in total. The number of Topliss-reactive ketones (excluding diaryl/α,β-unsaturated/α-hetero) is 1. The second-order valence-electron chi connectivity index (χ2n) is 4.47. The lowest BCUT2D eigenvalue weighted by atomic mass is 9.96. The van der Waals surface area contributed by atoms with Gasteiger partial charge in [0.15, 0.2) is 5.76 Å². The number of hydrogen-bond donors (Lipinski definition) is 1. The number of aliphatic hydroxyl groups is 1. The normalized spacial score (nSPS) is 26.9. The van der Waals surface area contributed by atoms with Gasteiger partial charge in [0, 0.05) is 6.54 Å². The fourth-order valence-electron chi connectivity index (χ4n) is 1.98. The molecule has 1 N–H and O–H groups in total. The summed E-state index contributed by atoms with van der Waals surface area (Å²) in [6, 6.07) is 3.38. The Hall–Kier alpha value is -1.13. The minimum absolute atomic E-state index is 0.0215. The second kappa shape index (κ2) is 4.80. The Bertz CT molecular complexity index is 347. The number of hydrogen-bond acceptors (Lipinski definition) is 4. The molecule has 16 heavy (non-hydrogen) atoms. The van der Waals surface area contributed by atoms with Gasteiger partial charge in [-0.3, -0.25) is 9.69 Å². The number of β-amino-alcohol motifs (C(OH)–C–C–N with tert-alkyl or cyclic N) is 1. The highest BCUT2D eigenvalue weighted by Gasteiger charge is 2.26. The molecule has 1 aromatic rings. The van der Waals surface area contributed by atoms with Crippen LogP contribution in [0.3, 0.4) is 0 Å². The molecule has 0 aliphatic carbocycles. The van der Waals surface area contributed by atoms with Crippen molar-refractivity contribution in [3.63, 3.8) is 0 Å². The molecule has 4 heteroatoms. The molecule has 2 rings (SSSR count). The number of rotatable bonds is 3. The molecule has 1 aromatic heterocycles. The van der Waals surface area contributed by atoms with Crippen molar-refractivity contribution >= 4 is 5.78 Å². The van der Waals surface area contributed by atoms with Gasteiger partial charge < -0.3 is 9.52 Å². The average Bonchev–Trinajstić information content (AvgIpc) is 2.77. The second-order valence-corrected chi connectivity index (χ2v) is 4.47. The summed E-state index contributed by atoms with van der Waals surface area (Å²) in [5, 5.41) is 9.72. The Morgan fingerprint density at radius 1 is 1.69 bits per heavy atom. The predicted octanol–water partition coefficient (Wildman–Crippen LogP) is 1.16. The van der Waals surface area contributed by atoms with Gasteiger partial charge in [-0.05, 0) is 31.0 Å². The summed E-state index contributed by atoms with van der Waals surface area (Å²) < 4.78 is 5.05. The van der Waals surface area contributed by atoms with E-state index in [1.165, 1.54) is 6.26 Å². The fourth-order valence-corrected chi connectivity index (χ4v) is 1.98. The van der Waals surface area contributed by atoms with Gasteiger partial charge in [-0.15, -0.1) is 0 Å². The first kappa shape index (κ1) is 11.4. The molecule has 0 radical (unpaired) electrons. The van der Waals surface area contributed by atoms with E-state index in [0.29, 0.717) is 24.8 Å². The highest BCUT2D eigenvalue weighted by atomic mass is 16.3. The number of likely N-dealkylation sites (tertiary alicyclic amines) is 1. The van der Waals surface area contributed by atoms with Gasteiger partial charge in [0.2, 0.25) is 5.78 Å². The van der Waals surface area contributed by atoms with Crippen LogP contribution in [0.25, 0.3) is 0 Å². The lowest BCUT2D eigenvalue weighted by Crippen LogP contribution is -2.44. The van der Waals surface area contributed by atoms with Crippen LogP contribution in [0.1, 0.15) is 23.9 Å². The summed E-state index contributed by atoms with van der Waals surface area (Å²) >= 11 is 0. The molecule has 1 saturated heterocycles. The van der Waals surface area contributed by atoms with E-state index in [2.05, 4.69) is 0 Å². The summed E-state index contributed by atoms with van der Waals surface area (Å²) in [7, 11) is 0. The Balaban J connectivity index is 1.89. The highest BCUT2D eigenvalue weighted by Crippen LogP contribution is 2.17. The predicted molar refractivity (Wildman–Crippen MR) is 59.3 cm³/mol. The van der Waals surface area contributed by atoms with E-state index in [1.807, 2.05) is 11.8 Å². The van der Waals surface area contributed by atoms with Gasteiger partial charge in [-0.1, -0.05) is 6.92 Å². The van der Waals surface area contributed by atoms with Gasteiger partial charge in [-0.2, -0.15) is 0 Å². The minimum Gasteiger partial charge on any atom is -0.461 e. The third-order valence-electron chi connectivity index (χ3n) is 3.17. The molecule has 0 bridgehead atoms. The Labute approximate surface area is 94.9 Å². The number of carbonyl (C=O) groups is 1. The number of nitrogens with zero attached hydrogens (tertiary/aromatic N) is 1. The first-order chi connectivity index (χ1) is 7.66. The lowest BCUT2D eigenvalue weighted by Gasteiger charge is -2.33. The molecule has 1 aliphatic rings. The maximum atomic E-state index is 11.7. The standard InChI is InChI=1S/C12H17NO3/c1-9-4-5-13(7-10(9)14)8-11(15)12-3-2-6-16-12/h2-3,6,9-10,14H,4-5,7-8H2,1H3. The van der Waals surface area contributed by atoms with E-state index in [-0.39, 0.29) is 11.9 Å². The Morgan fingerprint density at radius 2 is 2.50 bits per heavy atom. The summed E-state index contributed by atoms with van der Waals surface area (Å²) in [5.41, 5.74) is 0. The van der Waals surface area contributed by atoms with E-state index in [9.17, 15) is 9.90 Å². The molecule has 88 valence electrons. The SMILES string of the molecule is CC1CCN(CC(=O)c2ccco2)CC1O. The van der Waals surface area contributed by atoms with Gasteiger partial charge in [0.1, 0.15) is 0 Å². The van der Waals surface area contributed by atoms with Crippen molar-refractivity contribution in [1.29, 1.82) is 0 Å². The Morgan fingerprint density at radius 3 is 3.12 bits per heavy atom. The van der Waals surface area contributed by atoms with Crippen LogP contribution < -0.4 is 0 Å². The molecule has 2 atom stereocenters. The maximum Gasteiger partial charge on any atom is 0.211 e. The number of ketones is 1. The van der Waals surface area contributed by atoms with Gasteiger partial charge in [0.25, 0.3) is 0 Å². The number of aliphatic hydroxyl groups excluding tert-OH is 1. The first-order valence-corrected chi connectivity index (χ1v) is 5.64. The minimum atomic E-state index is -0.321. The van der Waals surface area contributed by atoms with Crippen LogP contribution in [0.15, 0.2) is 22.8 Å². The van der Waals surface area contributed by atoms with Crippen molar-refractivity contribution in [2.75, 3.05) is 19.6 Å². The van der Waals surface area contributed by atoms with Crippen LogP contribution >= 0.6 is 0 Å². The van der Waals surface area contributed by atoms with Crippen LogP contribution in [0.5, 0.6) is 0 Å². The van der Waals surface area contributed by atoms with Crippen LogP contribution in [0.2, 0.25) is 0 Å². The fraction of sp³-hybridized carbons (Fsp3) is 0.583. The van der Waals surface area contributed by atoms with Crippen molar-refractivity contribution in [3.8, 4) is 0 Å². The van der Waals surface area contributed by atoms with Crippen LogP contribution in [-0.2, 0) is 0 Å². The summed E-state index contributed by atoms with van der Waals surface area (Å²) in [6.45, 7) is 3.81. The molecular formula is C12H17NO3. The number of furan rings is 1. The van der Waals surface area contributed by atoms with Gasteiger partial charge in [-0.25, -0.2) is 0 Å². The number of carbonyl (C=O) groups excluding carboxylic acids is 1. The Kier molecular flexibility index (Phi) is 3.41. The quantitative estimate of drug-likeness (QED) is 0.781. The van der Waals surface area contributed by atoms with Gasteiger partial charge in [0.05, 0.1) is 18.9 Å². The van der Waals surface area contributed by atoms with E-state index in [1.54, 1.807) is 12.1 Å². The maximum absolute atomic E-state index is 11.7. The summed E-state index contributed by atoms with van der Waals surface area (Å²) in [4.78, 5) is 13.7. The molecule has 1 fully saturated rings. The molecule has 0 aromatic carbocycles. The molecule has 2 heterocycles. The van der Waals surface area contributed by atoms with Gasteiger partial charge >= 0.3 is 0 Å². The molecule has 0 amide bonds. The molecule has 0 saturated carbocycles. The smallest absolute Gasteiger partial charge is 0.211 e. The first-order valence-electron chi connectivity index (χ1n) is 5.64. The highest BCUT2D eigenvalue weighted by molar-refractivity contribution is 5.94. The van der Waals surface area contributed by atoms with Crippen LogP contribution in [0, 0.1) is 5.92 Å². The summed E-state index contributed by atoms with van der Waals surface area (Å²) in [5.74, 6) is 0.704. The van der Waals surface area contributed by atoms with Crippen molar-refractivity contribution < 1.29 is 14.3 Å². The monoisotopic (exact) mass is 223 g/mol. The van der Waals surface area contributed by atoms with Crippen molar-refractivity contribution in [3.05, 3.63) is 24.2 Å². The largest absolute Gasteiger partial charge is 0.461 e. The van der Waals surface area contributed by atoms with E-state index >= 15 is 0 Å². The molecule has 2 unspecified atom stereocenters. The van der Waals surface area contributed by atoms with E-state index in [4.69, 9.17) is 4.42 Å². The lowest BCUT2D eigenvalue weighted by molar-refractivity contribution is 0.0290. The van der Waals surface area contributed by atoms with Crippen molar-refractivity contribution in [2.24, 2.45) is 5.92 Å². The van der Waals surface area contributed by atoms with E-state index < -0.39 is 0 Å². The molecule has 0 spiro atoms. The zero-order valence-corrected chi connectivity index (χ0v) is 9.43. The third kappa shape index (κ3) is 2.51. The summed E-state index contributed by atoms with van der Waals surface area (Å²) in [6.07, 6.45) is 2.12. The average molecular weight is 223 g/mol. The zero-order chi connectivity index (χ0) is 11.5. The third-order valence-corrected chi connectivity index (χ3v) is 3.17. The van der Waals surface area contributed by atoms with E-state index in [0.717, 1.165) is 13.0 Å². The van der Waals surface area contributed by atoms with Crippen LogP contribution in [-0.4, -0.2) is 41.5 Å². The van der Waals surface area contributed by atoms with Crippen molar-refractivity contribution in [1.82, 2.24) is 4.90 Å². The topological polar surface area (TPSA) is 53.7 Å². The molecular weight excluding hydrogens is 206 g/mol. The zero-order valence-electron chi connectivity index (χ0n) is 9.43. The van der Waals surface area contributed by atoms with Crippen LogP contribution in [0.4, 0.5) is 0 Å². The van der Waals surface area contributed by atoms with Crippen molar-refractivity contribution in [2.45, 2.75) is 19.4 Å². The molecule has 1 aliphatic heterocycles.